The Kier molecular flexibility index (Phi) is 6.16. The maximum atomic E-state index is 13.3. The molecule has 0 spiro atoms. The Labute approximate surface area is 168 Å². The fourth-order valence-electron chi connectivity index (χ4n) is 3.11. The average molecular weight is 400 g/mol. The standard InChI is InChI=1S/C22H24O7/c1-5-26-16-9-8-13(10-15(16)23)14-12-29-17-11-18(27-6-2)21(25-4)22(28-7-3)19(17)20(14)24/h8-12,23H,5-7H2,1-4H3. The zero-order valence-electron chi connectivity index (χ0n) is 16.9. The zero-order chi connectivity index (χ0) is 21.0. The summed E-state index contributed by atoms with van der Waals surface area (Å²) in [6.45, 7) is 6.65. The fourth-order valence-corrected chi connectivity index (χ4v) is 3.11. The second kappa shape index (κ2) is 8.77. The second-order valence-corrected chi connectivity index (χ2v) is 6.07. The van der Waals surface area contributed by atoms with Crippen molar-refractivity contribution in [2.45, 2.75) is 20.8 Å². The summed E-state index contributed by atoms with van der Waals surface area (Å²) in [5.74, 6) is 1.32. The molecule has 0 saturated carbocycles. The van der Waals surface area contributed by atoms with Crippen LogP contribution in [0.4, 0.5) is 0 Å². The molecule has 3 aromatic rings. The van der Waals surface area contributed by atoms with Gasteiger partial charge in [0, 0.05) is 6.07 Å². The van der Waals surface area contributed by atoms with Crippen LogP contribution >= 0.6 is 0 Å². The number of hydrogen-bond donors (Lipinski definition) is 1. The van der Waals surface area contributed by atoms with E-state index in [1.807, 2.05) is 20.8 Å². The molecule has 0 aliphatic rings. The summed E-state index contributed by atoms with van der Waals surface area (Å²) in [5.41, 5.74) is 0.793. The van der Waals surface area contributed by atoms with Gasteiger partial charge in [0.05, 0.1) is 32.5 Å². The molecule has 0 unspecified atom stereocenters. The molecule has 7 heteroatoms. The largest absolute Gasteiger partial charge is 0.504 e. The van der Waals surface area contributed by atoms with Gasteiger partial charge in [-0.05, 0) is 38.5 Å². The molecule has 0 aliphatic heterocycles. The summed E-state index contributed by atoms with van der Waals surface area (Å²) in [4.78, 5) is 13.3. The number of hydrogen-bond acceptors (Lipinski definition) is 7. The number of aromatic hydroxyl groups is 1. The normalized spacial score (nSPS) is 10.8. The predicted octanol–water partition coefficient (Wildman–Crippen LogP) is 4.37. The molecule has 2 aromatic carbocycles. The van der Waals surface area contributed by atoms with Gasteiger partial charge in [-0.25, -0.2) is 0 Å². The highest BCUT2D eigenvalue weighted by Crippen LogP contribution is 2.43. The van der Waals surface area contributed by atoms with E-state index in [-0.39, 0.29) is 27.9 Å². The van der Waals surface area contributed by atoms with Crippen LogP contribution in [0.2, 0.25) is 0 Å². The lowest BCUT2D eigenvalue weighted by Crippen LogP contribution is -2.09. The van der Waals surface area contributed by atoms with Crippen LogP contribution in [0.25, 0.3) is 22.1 Å². The van der Waals surface area contributed by atoms with Crippen LogP contribution in [0, 0.1) is 0 Å². The van der Waals surface area contributed by atoms with Gasteiger partial charge >= 0.3 is 0 Å². The molecule has 0 atom stereocenters. The van der Waals surface area contributed by atoms with Crippen LogP contribution in [-0.4, -0.2) is 32.0 Å². The number of methoxy groups -OCH3 is 1. The Morgan fingerprint density at radius 3 is 2.24 bits per heavy atom. The molecule has 0 fully saturated rings. The van der Waals surface area contributed by atoms with Crippen molar-refractivity contribution in [1.82, 2.24) is 0 Å². The predicted molar refractivity (Wildman–Crippen MR) is 110 cm³/mol. The highest BCUT2D eigenvalue weighted by Gasteiger charge is 2.22. The Morgan fingerprint density at radius 2 is 1.62 bits per heavy atom. The first-order valence-corrected chi connectivity index (χ1v) is 9.43. The number of ether oxygens (including phenoxy) is 4. The molecule has 0 bridgehead atoms. The van der Waals surface area contributed by atoms with E-state index in [9.17, 15) is 9.90 Å². The summed E-state index contributed by atoms with van der Waals surface area (Å²) in [6.07, 6.45) is 1.36. The highest BCUT2D eigenvalue weighted by atomic mass is 16.5. The van der Waals surface area contributed by atoms with E-state index in [0.29, 0.717) is 48.2 Å². The van der Waals surface area contributed by atoms with Gasteiger partial charge in [0.1, 0.15) is 17.2 Å². The van der Waals surface area contributed by atoms with Gasteiger partial charge in [0.2, 0.25) is 11.2 Å². The number of rotatable bonds is 8. The molecule has 0 amide bonds. The average Bonchev–Trinajstić information content (AvgIpc) is 2.70. The van der Waals surface area contributed by atoms with Crippen LogP contribution in [0.3, 0.4) is 0 Å². The quantitative estimate of drug-likeness (QED) is 0.601. The molecule has 0 radical (unpaired) electrons. The van der Waals surface area contributed by atoms with E-state index in [2.05, 4.69) is 0 Å². The van der Waals surface area contributed by atoms with Gasteiger partial charge < -0.3 is 28.5 Å². The van der Waals surface area contributed by atoms with Crippen molar-refractivity contribution < 1.29 is 28.5 Å². The Morgan fingerprint density at radius 1 is 0.931 bits per heavy atom. The van der Waals surface area contributed by atoms with Crippen molar-refractivity contribution in [2.75, 3.05) is 26.9 Å². The molecular weight excluding hydrogens is 376 g/mol. The third kappa shape index (κ3) is 3.81. The van der Waals surface area contributed by atoms with Crippen molar-refractivity contribution in [2.24, 2.45) is 0 Å². The lowest BCUT2D eigenvalue weighted by Gasteiger charge is -2.16. The molecule has 0 saturated heterocycles. The van der Waals surface area contributed by atoms with E-state index in [4.69, 9.17) is 23.4 Å². The minimum absolute atomic E-state index is 0.0573. The van der Waals surface area contributed by atoms with Gasteiger partial charge in [-0.2, -0.15) is 0 Å². The SMILES string of the molecule is CCOc1ccc(-c2coc3cc(OCC)c(OC)c(OCC)c3c2=O)cc1O. The van der Waals surface area contributed by atoms with Crippen LogP contribution in [0.1, 0.15) is 20.8 Å². The van der Waals surface area contributed by atoms with Gasteiger partial charge in [0.25, 0.3) is 0 Å². The lowest BCUT2D eigenvalue weighted by atomic mass is 10.0. The van der Waals surface area contributed by atoms with Crippen molar-refractivity contribution in [3.8, 4) is 39.9 Å². The van der Waals surface area contributed by atoms with Gasteiger partial charge in [-0.1, -0.05) is 6.07 Å². The zero-order valence-corrected chi connectivity index (χ0v) is 16.9. The first-order chi connectivity index (χ1) is 14.0. The monoisotopic (exact) mass is 400 g/mol. The van der Waals surface area contributed by atoms with Crippen LogP contribution in [-0.2, 0) is 0 Å². The van der Waals surface area contributed by atoms with Crippen LogP contribution in [0.15, 0.2) is 39.7 Å². The first kappa shape index (κ1) is 20.4. The van der Waals surface area contributed by atoms with Gasteiger partial charge in [-0.3, -0.25) is 4.79 Å². The Bertz CT molecular complexity index is 1070. The molecule has 1 heterocycles. The van der Waals surface area contributed by atoms with Crippen LogP contribution in [0.5, 0.6) is 28.7 Å². The fraction of sp³-hybridized carbons (Fsp3) is 0.318. The lowest BCUT2D eigenvalue weighted by molar-refractivity contribution is 0.284. The van der Waals surface area contributed by atoms with Crippen LogP contribution < -0.4 is 24.4 Å². The highest BCUT2D eigenvalue weighted by molar-refractivity contribution is 5.91. The smallest absolute Gasteiger partial charge is 0.204 e. The molecular formula is C22H24O7. The number of benzene rings is 2. The van der Waals surface area contributed by atoms with E-state index in [1.165, 1.54) is 19.4 Å². The first-order valence-electron chi connectivity index (χ1n) is 9.43. The molecule has 154 valence electrons. The Balaban J connectivity index is 2.26. The molecule has 0 aliphatic carbocycles. The number of phenols is 1. The van der Waals surface area contributed by atoms with E-state index >= 15 is 0 Å². The van der Waals surface area contributed by atoms with Crippen molar-refractivity contribution in [1.29, 1.82) is 0 Å². The van der Waals surface area contributed by atoms with Crippen molar-refractivity contribution in [3.63, 3.8) is 0 Å². The van der Waals surface area contributed by atoms with E-state index in [0.717, 1.165) is 0 Å². The minimum atomic E-state index is -0.306. The van der Waals surface area contributed by atoms with Gasteiger partial charge in [0.15, 0.2) is 23.0 Å². The topological polar surface area (TPSA) is 87.4 Å². The summed E-state index contributed by atoms with van der Waals surface area (Å²) in [7, 11) is 1.49. The summed E-state index contributed by atoms with van der Waals surface area (Å²) in [5, 5.41) is 10.4. The number of fused-ring (bicyclic) bond motifs is 1. The molecule has 7 nitrogen and oxygen atoms in total. The van der Waals surface area contributed by atoms with E-state index in [1.54, 1.807) is 18.2 Å². The summed E-state index contributed by atoms with van der Waals surface area (Å²) < 4.78 is 27.9. The van der Waals surface area contributed by atoms with Crippen molar-refractivity contribution >= 4 is 11.0 Å². The maximum Gasteiger partial charge on any atom is 0.204 e. The maximum absolute atomic E-state index is 13.3. The Hall–Kier alpha value is -3.35. The van der Waals surface area contributed by atoms with Crippen molar-refractivity contribution in [3.05, 3.63) is 40.8 Å². The number of phenolic OH excluding ortho intramolecular Hbond substituents is 1. The molecule has 3 rings (SSSR count). The van der Waals surface area contributed by atoms with E-state index < -0.39 is 0 Å². The summed E-state index contributed by atoms with van der Waals surface area (Å²) in [6, 6.07) is 6.38. The summed E-state index contributed by atoms with van der Waals surface area (Å²) >= 11 is 0. The molecule has 1 N–H and O–H groups in total. The third-order valence-corrected chi connectivity index (χ3v) is 4.30. The minimum Gasteiger partial charge on any atom is -0.504 e. The second-order valence-electron chi connectivity index (χ2n) is 6.07. The van der Waals surface area contributed by atoms with Gasteiger partial charge in [-0.15, -0.1) is 0 Å². The molecule has 29 heavy (non-hydrogen) atoms. The third-order valence-electron chi connectivity index (χ3n) is 4.30. The molecule has 1 aromatic heterocycles.